The van der Waals surface area contributed by atoms with Crippen LogP contribution in [-0.4, -0.2) is 9.55 Å². The maximum Gasteiger partial charge on any atom is 0.109 e. The normalized spacial score (nSPS) is 23.9. The van der Waals surface area contributed by atoms with E-state index in [1.165, 1.54) is 30.6 Å². The van der Waals surface area contributed by atoms with Gasteiger partial charge in [-0.2, -0.15) is 0 Å². The van der Waals surface area contributed by atoms with Crippen LogP contribution in [0.15, 0.2) is 18.2 Å². The van der Waals surface area contributed by atoms with E-state index >= 15 is 0 Å². The Kier molecular flexibility index (Phi) is 2.77. The molecule has 1 fully saturated rings. The van der Waals surface area contributed by atoms with Crippen LogP contribution in [0.25, 0.3) is 11.0 Å². The largest absolute Gasteiger partial charge is 0.399 e. The Labute approximate surface area is 108 Å². The molecule has 0 bridgehead atoms. The summed E-state index contributed by atoms with van der Waals surface area (Å²) in [4.78, 5) is 4.74. The van der Waals surface area contributed by atoms with E-state index in [1.54, 1.807) is 0 Å². The highest BCUT2D eigenvalue weighted by Crippen LogP contribution is 2.37. The first-order valence-electron chi connectivity index (χ1n) is 6.95. The molecular formula is C15H21N3. The molecule has 2 N–H and O–H groups in total. The number of fused-ring (bicyclic) bond motifs is 1. The molecule has 3 rings (SSSR count). The van der Waals surface area contributed by atoms with Crippen molar-refractivity contribution in [1.82, 2.24) is 9.55 Å². The van der Waals surface area contributed by atoms with Crippen LogP contribution < -0.4 is 5.73 Å². The number of nitrogen functional groups attached to an aromatic ring is 1. The summed E-state index contributed by atoms with van der Waals surface area (Å²) < 4.78 is 2.46. The summed E-state index contributed by atoms with van der Waals surface area (Å²) in [7, 11) is 0. The number of rotatable bonds is 2. The van der Waals surface area contributed by atoms with E-state index in [0.29, 0.717) is 6.04 Å². The minimum atomic E-state index is 0.628. The zero-order valence-electron chi connectivity index (χ0n) is 11.2. The first kappa shape index (κ1) is 11.6. The number of nitrogens with two attached hydrogens (primary N) is 1. The quantitative estimate of drug-likeness (QED) is 0.820. The summed E-state index contributed by atoms with van der Waals surface area (Å²) in [6, 6.07) is 6.73. The molecule has 18 heavy (non-hydrogen) atoms. The highest BCUT2D eigenvalue weighted by atomic mass is 15.1. The van der Waals surface area contributed by atoms with E-state index in [0.717, 1.165) is 23.5 Å². The third-order valence-electron chi connectivity index (χ3n) is 4.14. The Balaban J connectivity index is 2.13. The van der Waals surface area contributed by atoms with E-state index < -0.39 is 0 Å². The molecule has 0 aliphatic heterocycles. The molecule has 0 amide bonds. The SMILES string of the molecule is CCc1nc2cc(N)ccc2n1C1CCC(C)C1. The van der Waals surface area contributed by atoms with Gasteiger partial charge >= 0.3 is 0 Å². The van der Waals surface area contributed by atoms with Gasteiger partial charge in [0.25, 0.3) is 0 Å². The van der Waals surface area contributed by atoms with Gasteiger partial charge in [-0.15, -0.1) is 0 Å². The molecule has 0 saturated heterocycles. The van der Waals surface area contributed by atoms with Gasteiger partial charge in [0, 0.05) is 18.2 Å². The Morgan fingerprint density at radius 3 is 2.89 bits per heavy atom. The van der Waals surface area contributed by atoms with Crippen molar-refractivity contribution in [2.45, 2.75) is 45.6 Å². The molecule has 1 aromatic heterocycles. The zero-order valence-corrected chi connectivity index (χ0v) is 11.2. The molecule has 3 nitrogen and oxygen atoms in total. The van der Waals surface area contributed by atoms with Crippen molar-refractivity contribution in [1.29, 1.82) is 0 Å². The molecule has 1 aromatic carbocycles. The van der Waals surface area contributed by atoms with Crippen molar-refractivity contribution in [3.05, 3.63) is 24.0 Å². The van der Waals surface area contributed by atoms with Crippen LogP contribution in [0.5, 0.6) is 0 Å². The molecule has 2 aromatic rings. The first-order chi connectivity index (χ1) is 8.69. The van der Waals surface area contributed by atoms with Crippen LogP contribution in [0.4, 0.5) is 5.69 Å². The molecule has 96 valence electrons. The standard InChI is InChI=1S/C15H21N3/c1-3-15-17-13-9-11(16)5-7-14(13)18(15)12-6-4-10(2)8-12/h5,7,9-10,12H,3-4,6,8,16H2,1-2H3. The molecule has 3 heteroatoms. The number of aromatic nitrogens is 2. The van der Waals surface area contributed by atoms with Gasteiger partial charge in [-0.1, -0.05) is 13.8 Å². The minimum absolute atomic E-state index is 0.628. The third-order valence-corrected chi connectivity index (χ3v) is 4.14. The van der Waals surface area contributed by atoms with Gasteiger partial charge in [0.2, 0.25) is 0 Å². The third kappa shape index (κ3) is 1.78. The maximum absolute atomic E-state index is 5.85. The van der Waals surface area contributed by atoms with Gasteiger partial charge < -0.3 is 10.3 Å². The van der Waals surface area contributed by atoms with Crippen LogP contribution in [0.1, 0.15) is 45.0 Å². The second-order valence-electron chi connectivity index (χ2n) is 5.57. The summed E-state index contributed by atoms with van der Waals surface area (Å²) in [5.41, 5.74) is 8.95. The lowest BCUT2D eigenvalue weighted by Gasteiger charge is -2.16. The molecule has 0 spiro atoms. The number of anilines is 1. The predicted molar refractivity (Wildman–Crippen MR) is 75.6 cm³/mol. The summed E-state index contributed by atoms with van der Waals surface area (Å²) in [5, 5.41) is 0. The average molecular weight is 243 g/mol. The lowest BCUT2D eigenvalue weighted by Crippen LogP contribution is -2.09. The van der Waals surface area contributed by atoms with Gasteiger partial charge in [0.15, 0.2) is 0 Å². The molecule has 1 heterocycles. The summed E-state index contributed by atoms with van der Waals surface area (Å²) in [6.45, 7) is 4.53. The van der Waals surface area contributed by atoms with Crippen molar-refractivity contribution >= 4 is 16.7 Å². The fourth-order valence-electron chi connectivity index (χ4n) is 3.23. The Bertz CT molecular complexity index is 570. The number of nitrogens with zero attached hydrogens (tertiary/aromatic N) is 2. The molecule has 2 unspecified atom stereocenters. The van der Waals surface area contributed by atoms with Crippen molar-refractivity contribution in [2.24, 2.45) is 5.92 Å². The zero-order chi connectivity index (χ0) is 12.7. The van der Waals surface area contributed by atoms with Crippen molar-refractivity contribution in [3.63, 3.8) is 0 Å². The van der Waals surface area contributed by atoms with Crippen molar-refractivity contribution < 1.29 is 0 Å². The van der Waals surface area contributed by atoms with E-state index in [9.17, 15) is 0 Å². The monoisotopic (exact) mass is 243 g/mol. The summed E-state index contributed by atoms with van der Waals surface area (Å²) >= 11 is 0. The lowest BCUT2D eigenvalue weighted by atomic mass is 10.1. The highest BCUT2D eigenvalue weighted by molar-refractivity contribution is 5.79. The van der Waals surface area contributed by atoms with Crippen LogP contribution in [0, 0.1) is 5.92 Å². The fourth-order valence-corrected chi connectivity index (χ4v) is 3.23. The Morgan fingerprint density at radius 2 is 2.22 bits per heavy atom. The van der Waals surface area contributed by atoms with E-state index in [2.05, 4.69) is 24.5 Å². The summed E-state index contributed by atoms with van der Waals surface area (Å²) in [5.74, 6) is 2.04. The molecule has 0 radical (unpaired) electrons. The first-order valence-corrected chi connectivity index (χ1v) is 6.95. The predicted octanol–water partition coefficient (Wildman–Crippen LogP) is 3.54. The van der Waals surface area contributed by atoms with Crippen molar-refractivity contribution in [2.75, 3.05) is 5.73 Å². The van der Waals surface area contributed by atoms with Crippen LogP contribution in [0.2, 0.25) is 0 Å². The number of hydrogen-bond acceptors (Lipinski definition) is 2. The Hall–Kier alpha value is -1.51. The molecular weight excluding hydrogens is 222 g/mol. The average Bonchev–Trinajstić information content (AvgIpc) is 2.91. The fraction of sp³-hybridized carbons (Fsp3) is 0.533. The van der Waals surface area contributed by atoms with Gasteiger partial charge in [-0.25, -0.2) is 4.98 Å². The second-order valence-corrected chi connectivity index (χ2v) is 5.57. The minimum Gasteiger partial charge on any atom is -0.399 e. The van der Waals surface area contributed by atoms with Gasteiger partial charge in [-0.05, 0) is 43.4 Å². The molecule has 1 aliphatic carbocycles. The number of hydrogen-bond donors (Lipinski definition) is 1. The van der Waals surface area contributed by atoms with Gasteiger partial charge in [0.1, 0.15) is 5.82 Å². The van der Waals surface area contributed by atoms with E-state index in [4.69, 9.17) is 10.7 Å². The van der Waals surface area contributed by atoms with E-state index in [-0.39, 0.29) is 0 Å². The number of benzene rings is 1. The molecule has 1 saturated carbocycles. The van der Waals surface area contributed by atoms with E-state index in [1.807, 2.05) is 12.1 Å². The Morgan fingerprint density at radius 1 is 1.39 bits per heavy atom. The maximum atomic E-state index is 5.85. The van der Waals surface area contributed by atoms with Gasteiger partial charge in [0.05, 0.1) is 11.0 Å². The van der Waals surface area contributed by atoms with Crippen LogP contribution in [-0.2, 0) is 6.42 Å². The number of imidazole rings is 1. The number of aryl methyl sites for hydroxylation is 1. The highest BCUT2D eigenvalue weighted by Gasteiger charge is 2.25. The van der Waals surface area contributed by atoms with Crippen LogP contribution >= 0.6 is 0 Å². The lowest BCUT2D eigenvalue weighted by molar-refractivity contribution is 0.490. The second kappa shape index (κ2) is 4.30. The molecule has 1 aliphatic rings. The van der Waals surface area contributed by atoms with Crippen molar-refractivity contribution in [3.8, 4) is 0 Å². The topological polar surface area (TPSA) is 43.8 Å². The molecule has 2 atom stereocenters. The summed E-state index contributed by atoms with van der Waals surface area (Å²) in [6.07, 6.45) is 4.88. The smallest absolute Gasteiger partial charge is 0.109 e. The van der Waals surface area contributed by atoms with Crippen LogP contribution in [0.3, 0.4) is 0 Å². The van der Waals surface area contributed by atoms with Gasteiger partial charge in [-0.3, -0.25) is 0 Å².